The van der Waals surface area contributed by atoms with Gasteiger partial charge < -0.3 is 10.1 Å². The number of nitrogens with zero attached hydrogens (tertiary/aromatic N) is 4. The molecule has 33 heavy (non-hydrogen) atoms. The van der Waals surface area contributed by atoms with Crippen LogP contribution >= 0.6 is 35.0 Å². The third-order valence-corrected chi connectivity index (χ3v) is 6.28. The van der Waals surface area contributed by atoms with Gasteiger partial charge in [-0.1, -0.05) is 41.0 Å². The summed E-state index contributed by atoms with van der Waals surface area (Å²) in [6.07, 6.45) is 3.39. The molecule has 0 aliphatic heterocycles. The quantitative estimate of drug-likeness (QED) is 0.310. The van der Waals surface area contributed by atoms with E-state index in [1.165, 1.54) is 11.8 Å². The van der Waals surface area contributed by atoms with Crippen molar-refractivity contribution >= 4 is 46.6 Å². The lowest BCUT2D eigenvalue weighted by Crippen LogP contribution is -2.15. The van der Waals surface area contributed by atoms with Crippen LogP contribution in [-0.2, 0) is 4.79 Å². The molecule has 2 heterocycles. The Bertz CT molecular complexity index is 1250. The number of halogens is 2. The Kier molecular flexibility index (Phi) is 7.49. The molecule has 2 aromatic heterocycles. The summed E-state index contributed by atoms with van der Waals surface area (Å²) in [6, 6.07) is 16.4. The molecule has 0 atom stereocenters. The van der Waals surface area contributed by atoms with Crippen LogP contribution in [0.3, 0.4) is 0 Å². The van der Waals surface area contributed by atoms with Gasteiger partial charge in [0.05, 0.1) is 28.1 Å². The summed E-state index contributed by atoms with van der Waals surface area (Å²) in [5, 5.41) is 12.7. The van der Waals surface area contributed by atoms with Crippen molar-refractivity contribution in [1.82, 2.24) is 19.7 Å². The Morgan fingerprint density at radius 1 is 1.06 bits per heavy atom. The first-order valence-corrected chi connectivity index (χ1v) is 11.8. The number of carbonyl (C=O) groups is 1. The number of ether oxygens (including phenoxy) is 1. The summed E-state index contributed by atoms with van der Waals surface area (Å²) in [4.78, 5) is 16.6. The van der Waals surface area contributed by atoms with Gasteiger partial charge in [0.1, 0.15) is 5.75 Å². The predicted molar refractivity (Wildman–Crippen MR) is 132 cm³/mol. The first-order valence-electron chi connectivity index (χ1n) is 10.0. The van der Waals surface area contributed by atoms with E-state index < -0.39 is 0 Å². The first kappa shape index (κ1) is 23.1. The fourth-order valence-corrected chi connectivity index (χ4v) is 4.16. The minimum absolute atomic E-state index is 0.106. The first-order chi connectivity index (χ1) is 16.1. The van der Waals surface area contributed by atoms with Crippen LogP contribution in [0.5, 0.6) is 5.75 Å². The zero-order valence-electron chi connectivity index (χ0n) is 17.5. The Labute approximate surface area is 205 Å². The van der Waals surface area contributed by atoms with Crippen molar-refractivity contribution in [1.29, 1.82) is 0 Å². The molecule has 4 aromatic rings. The number of hydrogen-bond acceptors (Lipinski definition) is 6. The normalized spacial score (nSPS) is 10.8. The van der Waals surface area contributed by atoms with Gasteiger partial charge in [0.25, 0.3) is 0 Å². The molecule has 0 saturated heterocycles. The molecule has 0 fully saturated rings. The van der Waals surface area contributed by atoms with E-state index in [0.717, 1.165) is 17.0 Å². The minimum Gasteiger partial charge on any atom is -0.494 e. The molecule has 4 rings (SSSR count). The molecule has 0 spiro atoms. The lowest BCUT2D eigenvalue weighted by atomic mass is 10.2. The molecule has 1 amide bonds. The summed E-state index contributed by atoms with van der Waals surface area (Å²) in [5.74, 6) is 1.28. The molecule has 0 unspecified atom stereocenters. The Balaban J connectivity index is 1.59. The van der Waals surface area contributed by atoms with E-state index >= 15 is 0 Å². The van der Waals surface area contributed by atoms with E-state index in [9.17, 15) is 4.79 Å². The highest BCUT2D eigenvalue weighted by atomic mass is 35.5. The minimum atomic E-state index is -0.240. The molecule has 0 saturated carbocycles. The van der Waals surface area contributed by atoms with E-state index in [2.05, 4.69) is 20.5 Å². The largest absolute Gasteiger partial charge is 0.494 e. The van der Waals surface area contributed by atoms with Crippen molar-refractivity contribution < 1.29 is 9.53 Å². The number of pyridine rings is 1. The van der Waals surface area contributed by atoms with Crippen molar-refractivity contribution in [3.8, 4) is 22.8 Å². The molecule has 168 valence electrons. The fraction of sp³-hybridized carbons (Fsp3) is 0.130. The van der Waals surface area contributed by atoms with Gasteiger partial charge in [-0.05, 0) is 55.5 Å². The number of hydrogen-bond donors (Lipinski definition) is 1. The number of amides is 1. The second-order valence-electron chi connectivity index (χ2n) is 6.74. The predicted octanol–water partition coefficient (Wildman–Crippen LogP) is 5.77. The maximum atomic E-state index is 12.6. The standard InChI is InChI=1S/C23H19Cl2N5O2S/c1-2-32-17-8-6-16(7-9-17)30-22(15-10-12-26-13-11-15)28-29-23(30)33-14-20(31)27-19-5-3-4-18(24)21(19)25/h3-13H,2,14H2,1H3,(H,27,31). The van der Waals surface area contributed by atoms with Crippen LogP contribution in [0.4, 0.5) is 5.69 Å². The lowest BCUT2D eigenvalue weighted by molar-refractivity contribution is -0.113. The van der Waals surface area contributed by atoms with Crippen LogP contribution in [0, 0.1) is 0 Å². The topological polar surface area (TPSA) is 81.9 Å². The second-order valence-corrected chi connectivity index (χ2v) is 8.47. The zero-order valence-corrected chi connectivity index (χ0v) is 19.9. The molecule has 10 heteroatoms. The highest BCUT2D eigenvalue weighted by molar-refractivity contribution is 7.99. The van der Waals surface area contributed by atoms with Crippen LogP contribution in [0.25, 0.3) is 17.1 Å². The number of anilines is 1. The van der Waals surface area contributed by atoms with Gasteiger partial charge in [0, 0.05) is 23.6 Å². The summed E-state index contributed by atoms with van der Waals surface area (Å²) < 4.78 is 7.45. The monoisotopic (exact) mass is 499 g/mol. The number of benzene rings is 2. The highest BCUT2D eigenvalue weighted by Crippen LogP contribution is 2.31. The number of rotatable bonds is 8. The van der Waals surface area contributed by atoms with Gasteiger partial charge in [-0.15, -0.1) is 10.2 Å². The van der Waals surface area contributed by atoms with Crippen LogP contribution < -0.4 is 10.1 Å². The Morgan fingerprint density at radius 2 is 1.82 bits per heavy atom. The fourth-order valence-electron chi connectivity index (χ4n) is 3.06. The average molecular weight is 500 g/mol. The number of thioether (sulfide) groups is 1. The average Bonchev–Trinajstić information content (AvgIpc) is 3.26. The van der Waals surface area contributed by atoms with Crippen molar-refractivity contribution in [3.63, 3.8) is 0 Å². The van der Waals surface area contributed by atoms with E-state index in [1.54, 1.807) is 30.6 Å². The van der Waals surface area contributed by atoms with Crippen molar-refractivity contribution in [2.24, 2.45) is 0 Å². The molecule has 0 aliphatic rings. The molecule has 0 bridgehead atoms. The van der Waals surface area contributed by atoms with E-state index in [1.807, 2.05) is 47.9 Å². The maximum absolute atomic E-state index is 12.6. The molecule has 7 nitrogen and oxygen atoms in total. The SMILES string of the molecule is CCOc1ccc(-n2c(SCC(=O)Nc3cccc(Cl)c3Cl)nnc2-c2ccncc2)cc1. The van der Waals surface area contributed by atoms with Crippen molar-refractivity contribution in [2.45, 2.75) is 12.1 Å². The summed E-state index contributed by atoms with van der Waals surface area (Å²) in [5.41, 5.74) is 2.16. The van der Waals surface area contributed by atoms with Gasteiger partial charge in [-0.2, -0.15) is 0 Å². The zero-order chi connectivity index (χ0) is 23.2. The Morgan fingerprint density at radius 3 is 2.55 bits per heavy atom. The van der Waals surface area contributed by atoms with Gasteiger partial charge >= 0.3 is 0 Å². The third-order valence-electron chi connectivity index (χ3n) is 4.54. The molecule has 1 N–H and O–H groups in total. The number of aromatic nitrogens is 4. The molecular formula is C23H19Cl2N5O2S. The second kappa shape index (κ2) is 10.7. The smallest absolute Gasteiger partial charge is 0.234 e. The number of carbonyl (C=O) groups excluding carboxylic acids is 1. The lowest BCUT2D eigenvalue weighted by Gasteiger charge is -2.12. The van der Waals surface area contributed by atoms with Crippen molar-refractivity contribution in [2.75, 3.05) is 17.7 Å². The third kappa shape index (κ3) is 5.47. The van der Waals surface area contributed by atoms with Crippen LogP contribution in [-0.4, -0.2) is 38.0 Å². The molecular weight excluding hydrogens is 481 g/mol. The molecule has 2 aromatic carbocycles. The highest BCUT2D eigenvalue weighted by Gasteiger charge is 2.18. The van der Waals surface area contributed by atoms with Crippen LogP contribution in [0.15, 0.2) is 72.1 Å². The van der Waals surface area contributed by atoms with Crippen LogP contribution in [0.2, 0.25) is 10.0 Å². The van der Waals surface area contributed by atoms with E-state index in [0.29, 0.717) is 33.3 Å². The van der Waals surface area contributed by atoms with Crippen molar-refractivity contribution in [3.05, 3.63) is 77.0 Å². The summed E-state index contributed by atoms with van der Waals surface area (Å²) in [6.45, 7) is 2.52. The van der Waals surface area contributed by atoms with Crippen LogP contribution in [0.1, 0.15) is 6.92 Å². The van der Waals surface area contributed by atoms with E-state index in [-0.39, 0.29) is 11.7 Å². The van der Waals surface area contributed by atoms with Gasteiger partial charge in [0.15, 0.2) is 11.0 Å². The van der Waals surface area contributed by atoms with Gasteiger partial charge in [0.2, 0.25) is 5.91 Å². The van der Waals surface area contributed by atoms with Gasteiger partial charge in [-0.3, -0.25) is 14.3 Å². The Hall–Kier alpha value is -3.07. The summed E-state index contributed by atoms with van der Waals surface area (Å²) >= 11 is 13.5. The molecule has 0 radical (unpaired) electrons. The maximum Gasteiger partial charge on any atom is 0.234 e. The molecule has 0 aliphatic carbocycles. The van der Waals surface area contributed by atoms with Gasteiger partial charge in [-0.25, -0.2) is 0 Å². The number of nitrogens with one attached hydrogen (secondary N) is 1. The van der Waals surface area contributed by atoms with E-state index in [4.69, 9.17) is 27.9 Å². The summed E-state index contributed by atoms with van der Waals surface area (Å²) in [7, 11) is 0.